The summed E-state index contributed by atoms with van der Waals surface area (Å²) in [5.41, 5.74) is 0. The number of esters is 1. The quantitative estimate of drug-likeness (QED) is 0.238. The second-order valence-electron chi connectivity index (χ2n) is 9.18. The third-order valence-electron chi connectivity index (χ3n) is 6.47. The molecule has 2 rings (SSSR count). The summed E-state index contributed by atoms with van der Waals surface area (Å²) in [6, 6.07) is 5.47. The highest BCUT2D eigenvalue weighted by molar-refractivity contribution is 7.89. The van der Waals surface area contributed by atoms with E-state index in [2.05, 4.69) is 6.92 Å². The van der Waals surface area contributed by atoms with Gasteiger partial charge in [-0.15, -0.1) is 0 Å². The number of carbonyl (C=O) groups is 1. The van der Waals surface area contributed by atoms with Gasteiger partial charge >= 0.3 is 5.97 Å². The van der Waals surface area contributed by atoms with Gasteiger partial charge < -0.3 is 27.2 Å². The van der Waals surface area contributed by atoms with Crippen molar-refractivity contribution in [2.75, 3.05) is 33.4 Å². The average molecular weight is 533 g/mol. The van der Waals surface area contributed by atoms with Crippen molar-refractivity contribution in [3.63, 3.8) is 0 Å². The lowest BCUT2D eigenvalue weighted by molar-refractivity contribution is -0.665. The number of carbonyl (C=O) groups excluding carboxylic acids is 1. The van der Waals surface area contributed by atoms with Crippen LogP contribution in [0.4, 0.5) is 0 Å². The van der Waals surface area contributed by atoms with E-state index in [-0.39, 0.29) is 23.8 Å². The summed E-state index contributed by atoms with van der Waals surface area (Å²) in [7, 11) is -2.25. The first-order chi connectivity index (χ1) is 16.5. The van der Waals surface area contributed by atoms with Crippen molar-refractivity contribution in [1.82, 2.24) is 4.31 Å². The molecule has 0 saturated carbocycles. The number of rotatable bonds is 17. The van der Waals surface area contributed by atoms with Crippen molar-refractivity contribution in [2.45, 2.75) is 94.9 Å². The third-order valence-corrected chi connectivity index (χ3v) is 8.39. The van der Waals surface area contributed by atoms with Crippen LogP contribution in [0.3, 0.4) is 0 Å². The first-order valence-corrected chi connectivity index (χ1v) is 14.6. The van der Waals surface area contributed by atoms with E-state index in [0.29, 0.717) is 25.4 Å². The highest BCUT2D eigenvalue weighted by Gasteiger charge is 2.40. The highest BCUT2D eigenvalue weighted by atomic mass is 35.5. The molecule has 1 aromatic rings. The lowest BCUT2D eigenvalue weighted by Gasteiger charge is -2.31. The molecule has 0 amide bonds. The van der Waals surface area contributed by atoms with Crippen molar-refractivity contribution in [3.05, 3.63) is 24.3 Å². The van der Waals surface area contributed by atoms with E-state index in [1.807, 2.05) is 5.32 Å². The lowest BCUT2D eigenvalue weighted by atomic mass is 10.1. The molecule has 1 heterocycles. The summed E-state index contributed by atoms with van der Waals surface area (Å²) < 4.78 is 38.2. The molecule has 0 radical (unpaired) electrons. The number of sulfonamides is 1. The van der Waals surface area contributed by atoms with Crippen molar-refractivity contribution in [1.29, 1.82) is 0 Å². The number of benzene rings is 1. The summed E-state index contributed by atoms with van der Waals surface area (Å²) in [6.45, 7) is 3.89. The number of nitrogens with zero attached hydrogens (tertiary/aromatic N) is 1. The van der Waals surface area contributed by atoms with E-state index in [9.17, 15) is 13.2 Å². The minimum absolute atomic E-state index is 0. The van der Waals surface area contributed by atoms with Crippen molar-refractivity contribution in [3.8, 4) is 5.75 Å². The number of unbranched alkanes of at least 4 members (excludes halogenated alkanes) is 11. The third kappa shape index (κ3) is 11.1. The van der Waals surface area contributed by atoms with Gasteiger partial charge in [0.25, 0.3) is 0 Å². The molecule has 0 aromatic heterocycles. The monoisotopic (exact) mass is 532 g/mol. The fraction of sp³-hybridized carbons (Fsp3) is 0.731. The fourth-order valence-electron chi connectivity index (χ4n) is 4.36. The van der Waals surface area contributed by atoms with E-state index in [0.717, 1.165) is 19.3 Å². The Hall–Kier alpha value is -1.35. The van der Waals surface area contributed by atoms with Gasteiger partial charge in [-0.1, -0.05) is 77.6 Å². The zero-order valence-electron chi connectivity index (χ0n) is 21.6. The fourth-order valence-corrected chi connectivity index (χ4v) is 5.97. The highest BCUT2D eigenvalue weighted by Crippen LogP contribution is 2.22. The van der Waals surface area contributed by atoms with E-state index in [1.54, 1.807) is 12.1 Å². The SMILES string of the molecule is CCCCCCCCCCCCCCOC(=O)C1C[NH2+]CCN1S(=O)(=O)c1ccc(OC)cc1.[Cl-]. The molecular weight excluding hydrogens is 488 g/mol. The number of hydrogen-bond donors (Lipinski definition) is 1. The molecule has 0 aliphatic carbocycles. The number of piperazine rings is 1. The Labute approximate surface area is 218 Å². The first-order valence-electron chi connectivity index (χ1n) is 13.1. The molecule has 35 heavy (non-hydrogen) atoms. The van der Waals surface area contributed by atoms with Crippen LogP contribution >= 0.6 is 0 Å². The molecule has 1 fully saturated rings. The molecule has 1 saturated heterocycles. The summed E-state index contributed by atoms with van der Waals surface area (Å²) in [5, 5.41) is 1.97. The Balaban J connectivity index is 0.00000612. The van der Waals surface area contributed by atoms with Gasteiger partial charge in [0.15, 0.2) is 6.04 Å². The smallest absolute Gasteiger partial charge is 0.330 e. The number of hydrogen-bond acceptors (Lipinski definition) is 5. The number of methoxy groups -OCH3 is 1. The molecule has 0 bridgehead atoms. The normalized spacial score (nSPS) is 16.5. The second kappa shape index (κ2) is 18.0. The molecule has 1 unspecified atom stereocenters. The molecule has 0 spiro atoms. The Bertz CT molecular complexity index is 804. The van der Waals surface area contributed by atoms with Crippen LogP contribution in [0.25, 0.3) is 0 Å². The maximum atomic E-state index is 13.2. The van der Waals surface area contributed by atoms with Crippen molar-refractivity contribution < 1.29 is 40.4 Å². The van der Waals surface area contributed by atoms with E-state index in [1.165, 1.54) is 81.3 Å². The van der Waals surface area contributed by atoms with Crippen molar-refractivity contribution in [2.24, 2.45) is 0 Å². The second-order valence-corrected chi connectivity index (χ2v) is 11.1. The van der Waals surface area contributed by atoms with Crippen LogP contribution in [0.1, 0.15) is 84.0 Å². The largest absolute Gasteiger partial charge is 1.00 e. The summed E-state index contributed by atoms with van der Waals surface area (Å²) in [6.07, 6.45) is 15.0. The molecule has 9 heteroatoms. The van der Waals surface area contributed by atoms with E-state index < -0.39 is 22.0 Å². The van der Waals surface area contributed by atoms with Gasteiger partial charge in [-0.2, -0.15) is 4.31 Å². The Morgan fingerprint density at radius 3 is 2.03 bits per heavy atom. The van der Waals surface area contributed by atoms with Crippen LogP contribution in [0.15, 0.2) is 29.2 Å². The van der Waals surface area contributed by atoms with Crippen LogP contribution in [-0.2, 0) is 19.6 Å². The van der Waals surface area contributed by atoms with Gasteiger partial charge in [-0.05, 0) is 30.7 Å². The lowest BCUT2D eigenvalue weighted by Crippen LogP contribution is -3.00. The van der Waals surface area contributed by atoms with Gasteiger partial charge in [0, 0.05) is 0 Å². The number of quaternary nitrogens is 1. The van der Waals surface area contributed by atoms with E-state index in [4.69, 9.17) is 9.47 Å². The summed E-state index contributed by atoms with van der Waals surface area (Å²) in [4.78, 5) is 12.9. The molecule has 1 aromatic carbocycles. The maximum absolute atomic E-state index is 13.2. The van der Waals surface area contributed by atoms with Gasteiger partial charge in [0.05, 0.1) is 31.7 Å². The molecule has 1 aliphatic rings. The minimum Gasteiger partial charge on any atom is -1.00 e. The molecule has 1 atom stereocenters. The standard InChI is InChI=1S/C26H44N2O5S.ClH/c1-3-4-5-6-7-8-9-10-11-12-13-14-21-33-26(29)25-22-27-19-20-28(25)34(30,31)24-17-15-23(32-2)16-18-24;/h15-18,25,27H,3-14,19-22H2,1-2H3;1H. The molecule has 2 N–H and O–H groups in total. The Kier molecular flexibility index (Phi) is 16.3. The summed E-state index contributed by atoms with van der Waals surface area (Å²) in [5.74, 6) is 0.139. The van der Waals surface area contributed by atoms with Crippen LogP contribution in [-0.4, -0.2) is 58.1 Å². The zero-order valence-corrected chi connectivity index (χ0v) is 23.1. The zero-order chi connectivity index (χ0) is 24.7. The average Bonchev–Trinajstić information content (AvgIpc) is 2.86. The van der Waals surface area contributed by atoms with Gasteiger partial charge in [0.2, 0.25) is 10.0 Å². The van der Waals surface area contributed by atoms with Gasteiger partial charge in [-0.25, -0.2) is 8.42 Å². The van der Waals surface area contributed by atoms with Crippen molar-refractivity contribution >= 4 is 16.0 Å². The maximum Gasteiger partial charge on any atom is 0.330 e. The molecule has 7 nitrogen and oxygen atoms in total. The Morgan fingerprint density at radius 2 is 1.49 bits per heavy atom. The van der Waals surface area contributed by atoms with Gasteiger partial charge in [-0.3, -0.25) is 4.79 Å². The van der Waals surface area contributed by atoms with Crippen LogP contribution in [0.2, 0.25) is 0 Å². The number of nitrogens with two attached hydrogens (primary N) is 1. The Morgan fingerprint density at radius 1 is 0.943 bits per heavy atom. The predicted molar refractivity (Wildman–Crippen MR) is 134 cm³/mol. The molecular formula is C26H45ClN2O5S. The van der Waals surface area contributed by atoms with Gasteiger partial charge in [0.1, 0.15) is 12.3 Å². The number of ether oxygens (including phenoxy) is 2. The topological polar surface area (TPSA) is 89.5 Å². The molecule has 202 valence electrons. The van der Waals surface area contributed by atoms with Crippen LogP contribution < -0.4 is 22.5 Å². The molecule has 1 aliphatic heterocycles. The predicted octanol–water partition coefficient (Wildman–Crippen LogP) is 0.880. The number of halogens is 1. The first kappa shape index (κ1) is 31.7. The van der Waals surface area contributed by atoms with Crippen LogP contribution in [0.5, 0.6) is 5.75 Å². The van der Waals surface area contributed by atoms with Crippen LogP contribution in [0, 0.1) is 0 Å². The summed E-state index contributed by atoms with van der Waals surface area (Å²) >= 11 is 0. The van der Waals surface area contributed by atoms with E-state index >= 15 is 0 Å². The minimum atomic E-state index is -3.78.